The van der Waals surface area contributed by atoms with Gasteiger partial charge in [0.2, 0.25) is 0 Å². The summed E-state index contributed by atoms with van der Waals surface area (Å²) >= 11 is 0. The summed E-state index contributed by atoms with van der Waals surface area (Å²) in [4.78, 5) is 12.0. The zero-order valence-electron chi connectivity index (χ0n) is 14.2. The number of carbonyl (C=O) groups excluding carboxylic acids is 1. The molecule has 0 bridgehead atoms. The number of benzene rings is 2. The minimum Gasteiger partial charge on any atom is -0.483 e. The first kappa shape index (κ1) is 17.1. The van der Waals surface area contributed by atoms with Crippen LogP contribution < -0.4 is 10.1 Å². The van der Waals surface area contributed by atoms with Crippen LogP contribution in [0.1, 0.15) is 36.5 Å². The minimum atomic E-state index is -0.148. The van der Waals surface area contributed by atoms with Gasteiger partial charge in [0.1, 0.15) is 5.75 Å². The molecule has 0 aliphatic carbocycles. The van der Waals surface area contributed by atoms with E-state index in [0.29, 0.717) is 0 Å². The van der Waals surface area contributed by atoms with Gasteiger partial charge in [0.15, 0.2) is 6.61 Å². The van der Waals surface area contributed by atoms with Crippen LogP contribution in [0.3, 0.4) is 0 Å². The zero-order chi connectivity index (χ0) is 16.7. The van der Waals surface area contributed by atoms with Crippen molar-refractivity contribution in [1.82, 2.24) is 0 Å². The summed E-state index contributed by atoms with van der Waals surface area (Å²) in [6.07, 6.45) is 3.47. The van der Waals surface area contributed by atoms with E-state index in [9.17, 15) is 4.79 Å². The van der Waals surface area contributed by atoms with Crippen LogP contribution in [0.5, 0.6) is 5.75 Å². The van der Waals surface area contributed by atoms with Crippen molar-refractivity contribution in [3.8, 4) is 5.75 Å². The van der Waals surface area contributed by atoms with Crippen molar-refractivity contribution in [2.24, 2.45) is 0 Å². The topological polar surface area (TPSA) is 38.3 Å². The number of carbonyl (C=O) groups is 1. The van der Waals surface area contributed by atoms with E-state index >= 15 is 0 Å². The van der Waals surface area contributed by atoms with Gasteiger partial charge in [-0.1, -0.05) is 37.6 Å². The Hall–Kier alpha value is -2.29. The Morgan fingerprint density at radius 2 is 1.96 bits per heavy atom. The Balaban J connectivity index is 1.88. The monoisotopic (exact) mass is 311 g/mol. The van der Waals surface area contributed by atoms with E-state index in [1.807, 2.05) is 44.2 Å². The fourth-order valence-corrected chi connectivity index (χ4v) is 2.47. The molecule has 0 aliphatic heterocycles. The smallest absolute Gasteiger partial charge is 0.262 e. The molecule has 3 heteroatoms. The molecule has 0 saturated carbocycles. The van der Waals surface area contributed by atoms with Crippen LogP contribution in [-0.2, 0) is 11.2 Å². The maximum Gasteiger partial charge on any atom is 0.262 e. The fraction of sp³-hybridized carbons (Fsp3) is 0.350. The highest BCUT2D eigenvalue weighted by Gasteiger charge is 2.06. The van der Waals surface area contributed by atoms with Gasteiger partial charge < -0.3 is 10.1 Å². The van der Waals surface area contributed by atoms with Gasteiger partial charge in [-0.15, -0.1) is 0 Å². The van der Waals surface area contributed by atoms with E-state index in [-0.39, 0.29) is 12.5 Å². The molecule has 23 heavy (non-hydrogen) atoms. The lowest BCUT2D eigenvalue weighted by atomic mass is 10.1. The van der Waals surface area contributed by atoms with Gasteiger partial charge >= 0.3 is 0 Å². The molecule has 0 aliphatic rings. The number of aryl methyl sites for hydroxylation is 3. The van der Waals surface area contributed by atoms with Gasteiger partial charge in [0.05, 0.1) is 0 Å². The van der Waals surface area contributed by atoms with Crippen LogP contribution in [0.25, 0.3) is 0 Å². The predicted octanol–water partition coefficient (Wildman–Crippen LogP) is 4.66. The third kappa shape index (κ3) is 5.44. The number of hydrogen-bond acceptors (Lipinski definition) is 2. The second kappa shape index (κ2) is 8.37. The number of unbranched alkanes of at least 4 members (excludes halogenated alkanes) is 1. The second-order valence-electron chi connectivity index (χ2n) is 5.91. The highest BCUT2D eigenvalue weighted by molar-refractivity contribution is 5.91. The fourth-order valence-electron chi connectivity index (χ4n) is 2.47. The molecular formula is C20H25NO2. The van der Waals surface area contributed by atoms with Crippen molar-refractivity contribution < 1.29 is 9.53 Å². The average molecular weight is 311 g/mol. The third-order valence-electron chi connectivity index (χ3n) is 3.72. The maximum absolute atomic E-state index is 12.0. The molecular weight excluding hydrogens is 286 g/mol. The molecule has 122 valence electrons. The highest BCUT2D eigenvalue weighted by Crippen LogP contribution is 2.20. The SMILES string of the molecule is CCCCc1ccc(OCC(=O)Nc2cccc(C)c2)c(C)c1. The summed E-state index contributed by atoms with van der Waals surface area (Å²) in [5.41, 5.74) is 4.30. The summed E-state index contributed by atoms with van der Waals surface area (Å²) in [7, 11) is 0. The number of rotatable bonds is 7. The number of amides is 1. The van der Waals surface area contributed by atoms with Crippen LogP contribution in [0, 0.1) is 13.8 Å². The average Bonchev–Trinajstić information content (AvgIpc) is 2.52. The van der Waals surface area contributed by atoms with Crippen molar-refractivity contribution in [1.29, 1.82) is 0 Å². The molecule has 0 spiro atoms. The Morgan fingerprint density at radius 1 is 1.13 bits per heavy atom. The summed E-state index contributed by atoms with van der Waals surface area (Å²) in [6.45, 7) is 6.22. The van der Waals surface area contributed by atoms with Crippen LogP contribution >= 0.6 is 0 Å². The van der Waals surface area contributed by atoms with E-state index in [0.717, 1.165) is 29.0 Å². The number of nitrogens with one attached hydrogen (secondary N) is 1. The third-order valence-corrected chi connectivity index (χ3v) is 3.72. The minimum absolute atomic E-state index is 0.0170. The van der Waals surface area contributed by atoms with Gasteiger partial charge in [-0.2, -0.15) is 0 Å². The molecule has 0 saturated heterocycles. The van der Waals surface area contributed by atoms with Crippen LogP contribution in [0.4, 0.5) is 5.69 Å². The lowest BCUT2D eigenvalue weighted by Crippen LogP contribution is -2.20. The lowest BCUT2D eigenvalue weighted by molar-refractivity contribution is -0.118. The van der Waals surface area contributed by atoms with E-state index in [2.05, 4.69) is 24.4 Å². The predicted molar refractivity (Wildman–Crippen MR) is 95.1 cm³/mol. The summed E-state index contributed by atoms with van der Waals surface area (Å²) in [5.74, 6) is 0.620. The molecule has 1 N–H and O–H groups in total. The molecule has 2 rings (SSSR count). The summed E-state index contributed by atoms with van der Waals surface area (Å²) < 4.78 is 5.65. The van der Waals surface area contributed by atoms with Crippen LogP contribution in [-0.4, -0.2) is 12.5 Å². The van der Waals surface area contributed by atoms with E-state index in [1.54, 1.807) is 0 Å². The summed E-state index contributed by atoms with van der Waals surface area (Å²) in [5, 5.41) is 2.85. The number of hydrogen-bond donors (Lipinski definition) is 1. The van der Waals surface area contributed by atoms with Crippen molar-refractivity contribution in [3.63, 3.8) is 0 Å². The molecule has 2 aromatic carbocycles. The van der Waals surface area contributed by atoms with Gasteiger partial charge in [-0.3, -0.25) is 4.79 Å². The first-order valence-electron chi connectivity index (χ1n) is 8.17. The number of ether oxygens (including phenoxy) is 1. The van der Waals surface area contributed by atoms with E-state index < -0.39 is 0 Å². The van der Waals surface area contributed by atoms with Crippen molar-refractivity contribution in [3.05, 3.63) is 59.2 Å². The van der Waals surface area contributed by atoms with Crippen molar-refractivity contribution >= 4 is 11.6 Å². The molecule has 0 fully saturated rings. The van der Waals surface area contributed by atoms with Crippen LogP contribution in [0.15, 0.2) is 42.5 Å². The van der Waals surface area contributed by atoms with Crippen molar-refractivity contribution in [2.75, 3.05) is 11.9 Å². The Morgan fingerprint density at radius 3 is 2.65 bits per heavy atom. The summed E-state index contributed by atoms with van der Waals surface area (Å²) in [6, 6.07) is 13.9. The molecule has 2 aromatic rings. The van der Waals surface area contributed by atoms with Gasteiger partial charge in [0.25, 0.3) is 5.91 Å². The van der Waals surface area contributed by atoms with Crippen molar-refractivity contribution in [2.45, 2.75) is 40.0 Å². The van der Waals surface area contributed by atoms with Crippen LogP contribution in [0.2, 0.25) is 0 Å². The van der Waals surface area contributed by atoms with Gasteiger partial charge in [-0.05, 0) is 61.6 Å². The molecule has 0 atom stereocenters. The zero-order valence-corrected chi connectivity index (χ0v) is 14.2. The Bertz CT molecular complexity index is 664. The largest absolute Gasteiger partial charge is 0.483 e. The second-order valence-corrected chi connectivity index (χ2v) is 5.91. The van der Waals surface area contributed by atoms with E-state index in [1.165, 1.54) is 18.4 Å². The Labute approximate surface area is 138 Å². The first-order chi connectivity index (χ1) is 11.1. The first-order valence-corrected chi connectivity index (χ1v) is 8.17. The quantitative estimate of drug-likeness (QED) is 0.807. The molecule has 3 nitrogen and oxygen atoms in total. The number of anilines is 1. The molecule has 0 unspecified atom stereocenters. The molecule has 0 heterocycles. The Kier molecular flexibility index (Phi) is 6.21. The molecule has 0 radical (unpaired) electrons. The highest BCUT2D eigenvalue weighted by atomic mass is 16.5. The molecule has 0 aromatic heterocycles. The maximum atomic E-state index is 12.0. The standard InChI is InChI=1S/C20H25NO2/c1-4-5-8-17-10-11-19(16(3)13-17)23-14-20(22)21-18-9-6-7-15(2)12-18/h6-7,9-13H,4-5,8,14H2,1-3H3,(H,21,22). The van der Waals surface area contributed by atoms with Gasteiger partial charge in [0, 0.05) is 5.69 Å². The van der Waals surface area contributed by atoms with Gasteiger partial charge in [-0.25, -0.2) is 0 Å². The van der Waals surface area contributed by atoms with E-state index in [4.69, 9.17) is 4.74 Å². The molecule has 1 amide bonds. The normalized spacial score (nSPS) is 10.4. The lowest BCUT2D eigenvalue weighted by Gasteiger charge is -2.11.